The van der Waals surface area contributed by atoms with Crippen LogP contribution in [0, 0.1) is 19.7 Å². The van der Waals surface area contributed by atoms with E-state index in [1.165, 1.54) is 48.5 Å². The first kappa shape index (κ1) is 79.8. The van der Waals surface area contributed by atoms with Crippen LogP contribution in [-0.2, 0) is 0 Å². The Bertz CT molecular complexity index is 10300. The Hall–Kier alpha value is -19.7. The summed E-state index contributed by atoms with van der Waals surface area (Å²) < 4.78 is 33.0. The lowest BCUT2D eigenvalue weighted by molar-refractivity contribution is 0.669. The number of nitrogens with zero attached hydrogens (tertiary/aromatic N) is 9. The van der Waals surface area contributed by atoms with Crippen LogP contribution in [0.1, 0.15) is 0 Å². The highest BCUT2D eigenvalue weighted by molar-refractivity contribution is 6.29. The zero-order valence-corrected chi connectivity index (χ0v) is 75.6. The molecule has 0 saturated carbocycles. The number of hydrogen-bond donors (Lipinski definition) is 0. The highest BCUT2D eigenvalue weighted by Gasteiger charge is 2.28. The van der Waals surface area contributed by atoms with Gasteiger partial charge in [0.1, 0.15) is 33.5 Å². The minimum absolute atomic E-state index is 0.614. The van der Waals surface area contributed by atoms with E-state index in [-0.39, 0.29) is 0 Å². The number of benzene rings is 21. The SMILES string of the molecule is [C-]#[N+]c1cccc(-c2cccc(-n3c4ccccc4c4c5c(ccc43)oc3ccccc35)c2)c1-n1c2ccccc2c2ccccc21.[C-]#[N+]c1cccc(-c2cccc(-n3c4ccccc4c4c5oc6ccccc6c5ccc43)c2)c1-n1c2ccccc2c2ccccc21.[C-]#[N+]c1cccc(-c2cccc(-n3c4ccccc4c4cc5oc6ccccc6c5cc43)c2)c1-n1c2ccccc2c2ccccc21. The third-order valence-electron chi connectivity index (χ3n) is 28.6. The first-order chi connectivity index (χ1) is 69.9. The van der Waals surface area contributed by atoms with Gasteiger partial charge in [-0.1, -0.05) is 309 Å². The van der Waals surface area contributed by atoms with Gasteiger partial charge in [0.15, 0.2) is 0 Å². The maximum absolute atomic E-state index is 8.21. The van der Waals surface area contributed by atoms with Gasteiger partial charge in [-0.25, -0.2) is 14.5 Å². The lowest BCUT2D eigenvalue weighted by Gasteiger charge is -2.17. The predicted octanol–water partition coefficient (Wildman–Crippen LogP) is 36.0. The molecule has 30 rings (SSSR count). The molecule has 30 aromatic rings. The molecule has 0 aliphatic rings. The molecule has 0 spiro atoms. The zero-order chi connectivity index (χ0) is 93.2. The fourth-order valence-corrected chi connectivity index (χ4v) is 22.7. The molecule has 9 aromatic heterocycles. The Labute approximate surface area is 805 Å². The summed E-state index contributed by atoms with van der Waals surface area (Å²) in [5.41, 5.74) is 32.5. The van der Waals surface area contributed by atoms with Crippen molar-refractivity contribution in [2.75, 3.05) is 0 Å². The number of fused-ring (bicyclic) bond motifs is 29. The van der Waals surface area contributed by atoms with Gasteiger partial charge in [-0.15, -0.1) is 0 Å². The molecular weight excluding hydrogens is 1720 g/mol. The molecule has 9 heterocycles. The quantitative estimate of drug-likeness (QED) is 0.135. The number of hydrogen-bond acceptors (Lipinski definition) is 3. The molecule has 12 nitrogen and oxygen atoms in total. The highest BCUT2D eigenvalue weighted by atomic mass is 16.3. The summed E-state index contributed by atoms with van der Waals surface area (Å²) in [6.45, 7) is 24.6. The van der Waals surface area contributed by atoms with E-state index < -0.39 is 0 Å². The van der Waals surface area contributed by atoms with E-state index in [0.717, 1.165) is 216 Å². The van der Waals surface area contributed by atoms with Gasteiger partial charge in [-0.2, -0.15) is 0 Å². The summed E-state index contributed by atoms with van der Waals surface area (Å²) in [7, 11) is 0. The molecule has 21 aromatic carbocycles. The summed E-state index contributed by atoms with van der Waals surface area (Å²) in [4.78, 5) is 12.1. The van der Waals surface area contributed by atoms with E-state index in [9.17, 15) is 0 Å². The van der Waals surface area contributed by atoms with Crippen LogP contribution in [-0.4, -0.2) is 27.4 Å². The molecule has 0 aliphatic heterocycles. The monoisotopic (exact) mass is 1800 g/mol. The smallest absolute Gasteiger partial charge is 0.211 e. The average Bonchev–Trinajstić information content (AvgIpc) is 1.57. The third-order valence-corrected chi connectivity index (χ3v) is 28.6. The number of para-hydroxylation sites is 15. The second-order valence-electron chi connectivity index (χ2n) is 36.0. The standard InChI is InChI=1S/3C43H25N3O/c1-44-36-19-11-18-29(43(36)46-38-21-7-2-14-30(38)31-15-3-8-22-39(31)46)27-12-10-13-28(24-27)45-37-20-6-4-16-32(37)34-26-42-35(25-40(34)45)33-17-5-9-23-41(33)47-42;1-44-35-19-11-18-29(42(35)46-36-20-6-2-14-30(36)31-15-3-7-21-37(31)46)27-12-10-13-28(26-27)45-38-22-8-4-17-34(38)41-39(45)25-24-33-32-16-5-9-23-40(32)47-43(33)41;1-44-34-19-11-18-29(43(34)46-35-20-6-2-14-30(35)31-15-3-7-21-36(31)46)27-12-10-13-28(26-27)45-37-22-8-4-16-32(37)41-38(45)24-25-40-42(41)33-17-5-9-23-39(33)47-40/h3*2-26H. The van der Waals surface area contributed by atoms with Crippen molar-refractivity contribution in [3.8, 4) is 67.5 Å². The normalized spacial score (nSPS) is 11.8. The molecule has 0 aliphatic carbocycles. The maximum atomic E-state index is 8.21. The Balaban J connectivity index is 0.000000104. The molecule has 0 saturated heterocycles. The molecule has 0 unspecified atom stereocenters. The van der Waals surface area contributed by atoms with Gasteiger partial charge < -0.3 is 40.7 Å². The fourth-order valence-electron chi connectivity index (χ4n) is 22.7. The van der Waals surface area contributed by atoms with Crippen LogP contribution in [0.2, 0.25) is 0 Å². The third kappa shape index (κ3) is 12.1. The Morgan fingerprint density at radius 1 is 0.163 bits per heavy atom. The molecule has 0 fully saturated rings. The van der Waals surface area contributed by atoms with Crippen molar-refractivity contribution in [3.63, 3.8) is 0 Å². The second-order valence-corrected chi connectivity index (χ2v) is 36.0. The number of aromatic nitrogens is 6. The van der Waals surface area contributed by atoms with Crippen molar-refractivity contribution < 1.29 is 13.3 Å². The molecule has 141 heavy (non-hydrogen) atoms. The lowest BCUT2D eigenvalue weighted by Crippen LogP contribution is -1.99. The minimum Gasteiger partial charge on any atom is -0.456 e. The van der Waals surface area contributed by atoms with E-state index in [1.807, 2.05) is 72.8 Å². The van der Waals surface area contributed by atoms with Gasteiger partial charge in [0.2, 0.25) is 17.1 Å². The zero-order valence-electron chi connectivity index (χ0n) is 75.6. The Morgan fingerprint density at radius 2 is 0.461 bits per heavy atom. The molecular formula is C129H75N9O3. The van der Waals surface area contributed by atoms with Gasteiger partial charge in [0, 0.05) is 109 Å². The van der Waals surface area contributed by atoms with E-state index in [0.29, 0.717) is 17.1 Å². The van der Waals surface area contributed by atoms with Crippen LogP contribution < -0.4 is 0 Å². The van der Waals surface area contributed by atoms with Gasteiger partial charge >= 0.3 is 0 Å². The predicted molar refractivity (Wildman–Crippen MR) is 582 cm³/mol. The van der Waals surface area contributed by atoms with Crippen LogP contribution in [0.5, 0.6) is 0 Å². The summed E-state index contributed by atoms with van der Waals surface area (Å²) in [5, 5.41) is 20.7. The molecule has 0 amide bonds. The van der Waals surface area contributed by atoms with Crippen molar-refractivity contribution in [3.05, 3.63) is 489 Å². The number of furan rings is 3. The van der Waals surface area contributed by atoms with E-state index in [4.69, 9.17) is 33.0 Å². The van der Waals surface area contributed by atoms with Gasteiger partial charge in [0.05, 0.1) is 108 Å². The summed E-state index contributed by atoms with van der Waals surface area (Å²) in [6, 6.07) is 159. The van der Waals surface area contributed by atoms with Crippen molar-refractivity contribution in [2.24, 2.45) is 0 Å². The molecule has 0 atom stereocenters. The largest absolute Gasteiger partial charge is 0.456 e. The van der Waals surface area contributed by atoms with E-state index in [1.54, 1.807) is 0 Å². The van der Waals surface area contributed by atoms with E-state index >= 15 is 0 Å². The summed E-state index contributed by atoms with van der Waals surface area (Å²) >= 11 is 0. The molecule has 654 valence electrons. The first-order valence-electron chi connectivity index (χ1n) is 47.2. The first-order valence-corrected chi connectivity index (χ1v) is 47.2. The summed E-state index contributed by atoms with van der Waals surface area (Å²) in [6.07, 6.45) is 0. The van der Waals surface area contributed by atoms with Gasteiger partial charge in [-0.3, -0.25) is 0 Å². The maximum Gasteiger partial charge on any atom is 0.211 e. The summed E-state index contributed by atoms with van der Waals surface area (Å²) in [5.74, 6) is 0. The Kier molecular flexibility index (Phi) is 18.0. The van der Waals surface area contributed by atoms with E-state index in [2.05, 4.69) is 424 Å². The number of rotatable bonds is 9. The van der Waals surface area contributed by atoms with Crippen molar-refractivity contribution >= 4 is 214 Å². The Morgan fingerprint density at radius 3 is 0.872 bits per heavy atom. The molecule has 0 radical (unpaired) electrons. The van der Waals surface area contributed by atoms with Crippen LogP contribution in [0.3, 0.4) is 0 Å². The van der Waals surface area contributed by atoms with Crippen molar-refractivity contribution in [1.29, 1.82) is 0 Å². The van der Waals surface area contributed by atoms with Gasteiger partial charge in [0.25, 0.3) is 0 Å². The minimum atomic E-state index is 0.614. The van der Waals surface area contributed by atoms with Crippen LogP contribution >= 0.6 is 0 Å². The lowest BCUT2D eigenvalue weighted by atomic mass is 10.0. The van der Waals surface area contributed by atoms with Crippen LogP contribution in [0.4, 0.5) is 17.1 Å². The van der Waals surface area contributed by atoms with Crippen LogP contribution in [0.15, 0.2) is 468 Å². The topological polar surface area (TPSA) is 82.1 Å². The molecule has 0 bridgehead atoms. The average molecular weight is 1800 g/mol. The van der Waals surface area contributed by atoms with Crippen molar-refractivity contribution in [2.45, 2.75) is 0 Å². The molecule has 12 heteroatoms. The van der Waals surface area contributed by atoms with Crippen molar-refractivity contribution in [1.82, 2.24) is 27.4 Å². The second kappa shape index (κ2) is 31.7. The highest BCUT2D eigenvalue weighted by Crippen LogP contribution is 2.51. The van der Waals surface area contributed by atoms with Gasteiger partial charge in [-0.05, 0) is 179 Å². The van der Waals surface area contributed by atoms with Crippen LogP contribution in [0.25, 0.3) is 279 Å². The molecule has 0 N–H and O–H groups in total. The fraction of sp³-hybridized carbons (Fsp3) is 0.